The molecule has 1 amide bonds. The normalized spacial score (nSPS) is 22.9. The zero-order valence-electron chi connectivity index (χ0n) is 9.25. The van der Waals surface area contributed by atoms with Crippen LogP contribution in [0.4, 0.5) is 0 Å². The molecule has 4 nitrogen and oxygen atoms in total. The first-order valence-electron chi connectivity index (χ1n) is 5.06. The summed E-state index contributed by atoms with van der Waals surface area (Å²) in [6.07, 6.45) is 0.904. The molecule has 1 rings (SSSR count). The summed E-state index contributed by atoms with van der Waals surface area (Å²) in [5.41, 5.74) is 5.46. The largest absolute Gasteiger partial charge is 0.366 e. The van der Waals surface area contributed by atoms with E-state index in [0.29, 0.717) is 6.54 Å². The fourth-order valence-corrected chi connectivity index (χ4v) is 1.38. The molecular weight excluding hydrogens is 180 g/mol. The average molecular weight is 200 g/mol. The number of amides is 1. The standard InChI is InChI=1S/C10H20N2O2/c1-10(2,3)14-7-9(13)12-5-4-8(11)6-12/h8H,4-7,11H2,1-3H3. The van der Waals surface area contributed by atoms with Crippen molar-refractivity contribution in [1.82, 2.24) is 4.90 Å². The number of carbonyl (C=O) groups is 1. The molecule has 82 valence electrons. The molecule has 0 spiro atoms. The van der Waals surface area contributed by atoms with Crippen LogP contribution in [0.3, 0.4) is 0 Å². The Morgan fingerprint density at radius 3 is 2.64 bits per heavy atom. The fraction of sp³-hybridized carbons (Fsp3) is 0.900. The lowest BCUT2D eigenvalue weighted by molar-refractivity contribution is -0.139. The van der Waals surface area contributed by atoms with E-state index in [1.54, 1.807) is 4.90 Å². The molecule has 1 heterocycles. The predicted octanol–water partition coefficient (Wildman–Crippen LogP) is 0.361. The highest BCUT2D eigenvalue weighted by Gasteiger charge is 2.24. The molecule has 0 saturated carbocycles. The number of hydrogen-bond donors (Lipinski definition) is 1. The summed E-state index contributed by atoms with van der Waals surface area (Å²) in [6.45, 7) is 7.43. The summed E-state index contributed by atoms with van der Waals surface area (Å²) in [5, 5.41) is 0. The van der Waals surface area contributed by atoms with Gasteiger partial charge < -0.3 is 15.4 Å². The van der Waals surface area contributed by atoms with Crippen molar-refractivity contribution in [3.05, 3.63) is 0 Å². The summed E-state index contributed by atoms with van der Waals surface area (Å²) < 4.78 is 5.41. The lowest BCUT2D eigenvalue weighted by Gasteiger charge is -2.22. The SMILES string of the molecule is CC(C)(C)OCC(=O)N1CCC(N)C1. The van der Waals surface area contributed by atoms with Crippen molar-refractivity contribution < 1.29 is 9.53 Å². The van der Waals surface area contributed by atoms with Gasteiger partial charge in [0.25, 0.3) is 0 Å². The van der Waals surface area contributed by atoms with E-state index in [1.807, 2.05) is 20.8 Å². The molecule has 1 unspecified atom stereocenters. The Morgan fingerprint density at radius 1 is 1.57 bits per heavy atom. The number of nitrogens with zero attached hydrogens (tertiary/aromatic N) is 1. The van der Waals surface area contributed by atoms with Crippen molar-refractivity contribution in [2.24, 2.45) is 5.73 Å². The van der Waals surface area contributed by atoms with E-state index in [-0.39, 0.29) is 24.2 Å². The fourth-order valence-electron chi connectivity index (χ4n) is 1.38. The van der Waals surface area contributed by atoms with Gasteiger partial charge in [0.2, 0.25) is 5.91 Å². The summed E-state index contributed by atoms with van der Waals surface area (Å²) in [4.78, 5) is 13.4. The minimum atomic E-state index is -0.252. The number of ether oxygens (including phenoxy) is 1. The molecule has 4 heteroatoms. The molecule has 0 aromatic rings. The third-order valence-corrected chi connectivity index (χ3v) is 2.21. The lowest BCUT2D eigenvalue weighted by atomic mass is 10.2. The Balaban J connectivity index is 2.29. The van der Waals surface area contributed by atoms with Gasteiger partial charge in [-0.3, -0.25) is 4.79 Å². The van der Waals surface area contributed by atoms with Crippen molar-refractivity contribution in [1.29, 1.82) is 0 Å². The van der Waals surface area contributed by atoms with Gasteiger partial charge in [0.15, 0.2) is 0 Å². The van der Waals surface area contributed by atoms with Gasteiger partial charge in [-0.2, -0.15) is 0 Å². The van der Waals surface area contributed by atoms with Crippen LogP contribution in [0.5, 0.6) is 0 Å². The molecule has 1 aliphatic heterocycles. The molecule has 1 saturated heterocycles. The van der Waals surface area contributed by atoms with Crippen LogP contribution in [-0.4, -0.2) is 42.1 Å². The van der Waals surface area contributed by atoms with E-state index in [1.165, 1.54) is 0 Å². The Labute approximate surface area is 85.4 Å². The molecule has 0 aliphatic carbocycles. The monoisotopic (exact) mass is 200 g/mol. The third kappa shape index (κ3) is 3.64. The highest BCUT2D eigenvalue weighted by molar-refractivity contribution is 5.77. The first kappa shape index (κ1) is 11.5. The van der Waals surface area contributed by atoms with Crippen LogP contribution in [-0.2, 0) is 9.53 Å². The average Bonchev–Trinajstić information content (AvgIpc) is 2.46. The van der Waals surface area contributed by atoms with Gasteiger partial charge in [0, 0.05) is 19.1 Å². The highest BCUT2D eigenvalue weighted by Crippen LogP contribution is 2.10. The second-order valence-corrected chi connectivity index (χ2v) is 4.79. The number of carbonyl (C=O) groups excluding carboxylic acids is 1. The van der Waals surface area contributed by atoms with Crippen molar-refractivity contribution in [3.8, 4) is 0 Å². The van der Waals surface area contributed by atoms with Crippen LogP contribution in [0.25, 0.3) is 0 Å². The van der Waals surface area contributed by atoms with E-state index in [4.69, 9.17) is 10.5 Å². The van der Waals surface area contributed by atoms with Gasteiger partial charge in [-0.25, -0.2) is 0 Å². The molecule has 14 heavy (non-hydrogen) atoms. The Morgan fingerprint density at radius 2 is 2.21 bits per heavy atom. The van der Waals surface area contributed by atoms with Gasteiger partial charge in [0.1, 0.15) is 6.61 Å². The lowest BCUT2D eigenvalue weighted by Crippen LogP contribution is -2.36. The minimum Gasteiger partial charge on any atom is -0.366 e. The zero-order valence-corrected chi connectivity index (χ0v) is 9.25. The van der Waals surface area contributed by atoms with Crippen LogP contribution < -0.4 is 5.73 Å². The first-order chi connectivity index (χ1) is 6.38. The van der Waals surface area contributed by atoms with Crippen LogP contribution in [0, 0.1) is 0 Å². The molecular formula is C10H20N2O2. The number of rotatable bonds is 2. The smallest absolute Gasteiger partial charge is 0.248 e. The van der Waals surface area contributed by atoms with Crippen LogP contribution in [0.1, 0.15) is 27.2 Å². The second kappa shape index (κ2) is 4.28. The molecule has 1 fully saturated rings. The topological polar surface area (TPSA) is 55.6 Å². The van der Waals surface area contributed by atoms with Crippen LogP contribution in [0.15, 0.2) is 0 Å². The van der Waals surface area contributed by atoms with E-state index in [2.05, 4.69) is 0 Å². The molecule has 0 aromatic carbocycles. The second-order valence-electron chi connectivity index (χ2n) is 4.79. The van der Waals surface area contributed by atoms with E-state index >= 15 is 0 Å². The van der Waals surface area contributed by atoms with E-state index < -0.39 is 0 Å². The van der Waals surface area contributed by atoms with Crippen molar-refractivity contribution >= 4 is 5.91 Å². The summed E-state index contributed by atoms with van der Waals surface area (Å²) >= 11 is 0. The van der Waals surface area contributed by atoms with Crippen molar-refractivity contribution in [3.63, 3.8) is 0 Å². The Bertz CT molecular complexity index is 211. The summed E-state index contributed by atoms with van der Waals surface area (Å²) in [5.74, 6) is 0.0490. The molecule has 0 bridgehead atoms. The molecule has 0 aromatic heterocycles. The van der Waals surface area contributed by atoms with Gasteiger partial charge in [-0.05, 0) is 27.2 Å². The van der Waals surface area contributed by atoms with Gasteiger partial charge >= 0.3 is 0 Å². The Hall–Kier alpha value is -0.610. The molecule has 0 radical (unpaired) electrons. The van der Waals surface area contributed by atoms with Gasteiger partial charge in [0.05, 0.1) is 5.60 Å². The van der Waals surface area contributed by atoms with Gasteiger partial charge in [-0.1, -0.05) is 0 Å². The van der Waals surface area contributed by atoms with Gasteiger partial charge in [-0.15, -0.1) is 0 Å². The molecule has 1 atom stereocenters. The maximum atomic E-state index is 11.6. The number of hydrogen-bond acceptors (Lipinski definition) is 3. The molecule has 1 aliphatic rings. The Kier molecular flexibility index (Phi) is 3.50. The van der Waals surface area contributed by atoms with E-state index in [0.717, 1.165) is 13.0 Å². The van der Waals surface area contributed by atoms with E-state index in [9.17, 15) is 4.79 Å². The molecule has 2 N–H and O–H groups in total. The first-order valence-corrected chi connectivity index (χ1v) is 5.06. The minimum absolute atomic E-state index is 0.0490. The van der Waals surface area contributed by atoms with Crippen molar-refractivity contribution in [2.45, 2.75) is 38.8 Å². The third-order valence-electron chi connectivity index (χ3n) is 2.21. The predicted molar refractivity (Wildman–Crippen MR) is 54.9 cm³/mol. The highest BCUT2D eigenvalue weighted by atomic mass is 16.5. The van der Waals surface area contributed by atoms with Crippen molar-refractivity contribution in [2.75, 3.05) is 19.7 Å². The van der Waals surface area contributed by atoms with Crippen LogP contribution in [0.2, 0.25) is 0 Å². The summed E-state index contributed by atoms with van der Waals surface area (Å²) in [7, 11) is 0. The number of nitrogens with two attached hydrogens (primary N) is 1. The maximum Gasteiger partial charge on any atom is 0.248 e. The maximum absolute atomic E-state index is 11.6. The van der Waals surface area contributed by atoms with Crippen LogP contribution >= 0.6 is 0 Å². The number of likely N-dealkylation sites (tertiary alicyclic amines) is 1. The zero-order chi connectivity index (χ0) is 10.8. The summed E-state index contributed by atoms with van der Waals surface area (Å²) in [6, 6.07) is 0.147. The quantitative estimate of drug-likeness (QED) is 0.700.